The molecule has 1 aliphatic carbocycles. The van der Waals surface area contributed by atoms with E-state index < -0.39 is 17.3 Å². The minimum atomic E-state index is -0.796. The average molecular weight is 337 g/mol. The Kier molecular flexibility index (Phi) is 4.66. The number of rotatable bonds is 1. The van der Waals surface area contributed by atoms with Crippen LogP contribution in [0.4, 0.5) is 14.5 Å². The van der Waals surface area contributed by atoms with Crippen molar-refractivity contribution in [3.63, 3.8) is 0 Å². The van der Waals surface area contributed by atoms with Crippen LogP contribution in [0.15, 0.2) is 40.9 Å². The highest BCUT2D eigenvalue weighted by Gasteiger charge is 2.11. The molecule has 0 bridgehead atoms. The molecule has 4 heteroatoms. The van der Waals surface area contributed by atoms with Crippen molar-refractivity contribution in [3.05, 3.63) is 69.8 Å². The van der Waals surface area contributed by atoms with Gasteiger partial charge in [-0.25, -0.2) is 8.78 Å². The second-order valence-electron chi connectivity index (χ2n) is 5.61. The zero-order chi connectivity index (χ0) is 17.1. The van der Waals surface area contributed by atoms with E-state index in [4.69, 9.17) is 0 Å². The van der Waals surface area contributed by atoms with Crippen LogP contribution in [0, 0.1) is 30.4 Å². The minimum Gasteiger partial charge on any atom is -0.204 e. The Balaban J connectivity index is 1.91. The van der Waals surface area contributed by atoms with Gasteiger partial charge < -0.3 is 0 Å². The van der Waals surface area contributed by atoms with Gasteiger partial charge >= 0.3 is 0 Å². The molecule has 0 spiro atoms. The summed E-state index contributed by atoms with van der Waals surface area (Å²) in [5.41, 5.74) is 4.48. The molecule has 2 aromatic rings. The SMILES string of the molecule is Cc1ccc2c(c1)CCC(C#Cc1cc(F)c(N=C=S)c(F)c1)=C2. The first kappa shape index (κ1) is 16.3. The third-order valence-electron chi connectivity index (χ3n) is 3.83. The number of halogens is 2. The maximum absolute atomic E-state index is 13.8. The number of aryl methyl sites for hydroxylation is 2. The lowest BCUT2D eigenvalue weighted by atomic mass is 9.91. The van der Waals surface area contributed by atoms with E-state index in [2.05, 4.69) is 54.2 Å². The second kappa shape index (κ2) is 6.88. The first-order valence-electron chi connectivity index (χ1n) is 7.46. The fourth-order valence-corrected chi connectivity index (χ4v) is 2.75. The molecule has 0 atom stereocenters. The minimum absolute atomic E-state index is 0.268. The fourth-order valence-electron chi connectivity index (χ4n) is 2.66. The molecule has 118 valence electrons. The summed E-state index contributed by atoms with van der Waals surface area (Å²) >= 11 is 4.38. The molecule has 0 radical (unpaired) electrons. The largest absolute Gasteiger partial charge is 0.204 e. The van der Waals surface area contributed by atoms with Crippen molar-refractivity contribution in [3.8, 4) is 11.8 Å². The van der Waals surface area contributed by atoms with Gasteiger partial charge in [-0.1, -0.05) is 35.6 Å². The van der Waals surface area contributed by atoms with Crippen molar-refractivity contribution in [2.75, 3.05) is 0 Å². The highest BCUT2D eigenvalue weighted by molar-refractivity contribution is 7.78. The van der Waals surface area contributed by atoms with Gasteiger partial charge in [-0.3, -0.25) is 0 Å². The number of allylic oxidation sites excluding steroid dienone is 1. The number of fused-ring (bicyclic) bond motifs is 1. The zero-order valence-corrected chi connectivity index (χ0v) is 13.8. The summed E-state index contributed by atoms with van der Waals surface area (Å²) in [6, 6.07) is 8.62. The first-order valence-corrected chi connectivity index (χ1v) is 7.86. The Morgan fingerprint density at radius 1 is 1.04 bits per heavy atom. The Morgan fingerprint density at radius 2 is 1.79 bits per heavy atom. The van der Waals surface area contributed by atoms with Gasteiger partial charge in [0.2, 0.25) is 0 Å². The number of aliphatic imine (C=N–C) groups is 1. The standard InChI is InChI=1S/C20H13F2NS/c1-13-2-6-17-9-14(5-7-16(17)8-13)3-4-15-10-18(21)20(23-12-24)19(22)11-15/h2,6,8-11H,5,7H2,1H3. The number of thiocarbonyl (C=S) groups is 1. The van der Waals surface area contributed by atoms with E-state index in [1.165, 1.54) is 11.1 Å². The monoisotopic (exact) mass is 337 g/mol. The van der Waals surface area contributed by atoms with Crippen LogP contribution < -0.4 is 0 Å². The van der Waals surface area contributed by atoms with Crippen LogP contribution in [0.3, 0.4) is 0 Å². The van der Waals surface area contributed by atoms with Gasteiger partial charge in [-0.2, -0.15) is 4.99 Å². The Hall–Kier alpha value is -2.60. The molecule has 3 rings (SSSR count). The number of hydrogen-bond acceptors (Lipinski definition) is 2. The molecule has 0 amide bonds. The highest BCUT2D eigenvalue weighted by Crippen LogP contribution is 2.25. The number of hydrogen-bond donors (Lipinski definition) is 0. The maximum atomic E-state index is 13.8. The molecule has 0 aliphatic heterocycles. The number of benzene rings is 2. The molecule has 1 aliphatic rings. The molecule has 0 fully saturated rings. The molecule has 1 nitrogen and oxygen atoms in total. The van der Waals surface area contributed by atoms with E-state index in [1.807, 2.05) is 11.2 Å². The van der Waals surface area contributed by atoms with Gasteiger partial charge in [0.05, 0.1) is 5.16 Å². The van der Waals surface area contributed by atoms with Crippen LogP contribution in [-0.4, -0.2) is 5.16 Å². The smallest absolute Gasteiger partial charge is 0.153 e. The summed E-state index contributed by atoms with van der Waals surface area (Å²) < 4.78 is 27.6. The lowest BCUT2D eigenvalue weighted by Crippen LogP contribution is -1.98. The molecule has 2 aromatic carbocycles. The Labute approximate surface area is 144 Å². The van der Waals surface area contributed by atoms with Crippen LogP contribution in [0.1, 0.15) is 28.7 Å². The highest BCUT2D eigenvalue weighted by atomic mass is 32.1. The van der Waals surface area contributed by atoms with Crippen LogP contribution in [0.25, 0.3) is 6.08 Å². The summed E-state index contributed by atoms with van der Waals surface area (Å²) in [7, 11) is 0. The molecular formula is C20H13F2NS. The van der Waals surface area contributed by atoms with Gasteiger partial charge in [0.1, 0.15) is 5.69 Å². The number of nitrogens with zero attached hydrogens (tertiary/aromatic N) is 1. The van der Waals surface area contributed by atoms with E-state index in [9.17, 15) is 8.78 Å². The van der Waals surface area contributed by atoms with Crippen LogP contribution in [-0.2, 0) is 6.42 Å². The third kappa shape index (κ3) is 3.49. The van der Waals surface area contributed by atoms with Crippen molar-refractivity contribution in [1.82, 2.24) is 0 Å². The second-order valence-corrected chi connectivity index (χ2v) is 5.80. The van der Waals surface area contributed by atoms with Crippen molar-refractivity contribution < 1.29 is 8.78 Å². The van der Waals surface area contributed by atoms with Crippen LogP contribution in [0.2, 0.25) is 0 Å². The van der Waals surface area contributed by atoms with Crippen molar-refractivity contribution in [2.45, 2.75) is 19.8 Å². The van der Waals surface area contributed by atoms with Crippen molar-refractivity contribution in [2.24, 2.45) is 4.99 Å². The van der Waals surface area contributed by atoms with Crippen molar-refractivity contribution in [1.29, 1.82) is 0 Å². The van der Waals surface area contributed by atoms with Gasteiger partial charge in [-0.05, 0) is 61.3 Å². The van der Waals surface area contributed by atoms with E-state index in [0.717, 1.165) is 36.1 Å². The predicted octanol–water partition coefficient (Wildman–Crippen LogP) is 5.39. The van der Waals surface area contributed by atoms with E-state index in [0.29, 0.717) is 0 Å². The fraction of sp³-hybridized carbons (Fsp3) is 0.150. The average Bonchev–Trinajstić information content (AvgIpc) is 2.56. The van der Waals surface area contributed by atoms with E-state index in [-0.39, 0.29) is 5.56 Å². The summed E-state index contributed by atoms with van der Waals surface area (Å²) in [5.74, 6) is 4.24. The predicted molar refractivity (Wildman–Crippen MR) is 95.4 cm³/mol. The summed E-state index contributed by atoms with van der Waals surface area (Å²) in [6.07, 6.45) is 3.77. The van der Waals surface area contributed by atoms with Crippen LogP contribution in [0.5, 0.6) is 0 Å². The quantitative estimate of drug-likeness (QED) is 0.386. The Bertz CT molecular complexity index is 934. The molecule has 0 saturated carbocycles. The van der Waals surface area contributed by atoms with Gasteiger partial charge in [0, 0.05) is 11.1 Å². The Morgan fingerprint density at radius 3 is 2.50 bits per heavy atom. The summed E-state index contributed by atoms with van der Waals surface area (Å²) in [6.45, 7) is 2.07. The summed E-state index contributed by atoms with van der Waals surface area (Å²) in [5, 5.41) is 1.97. The number of isothiocyanates is 1. The maximum Gasteiger partial charge on any atom is 0.153 e. The van der Waals surface area contributed by atoms with E-state index in [1.54, 1.807) is 0 Å². The van der Waals surface area contributed by atoms with Gasteiger partial charge in [0.25, 0.3) is 0 Å². The van der Waals surface area contributed by atoms with Crippen molar-refractivity contribution >= 4 is 29.1 Å². The molecule has 0 heterocycles. The molecular weight excluding hydrogens is 324 g/mol. The first-order chi connectivity index (χ1) is 11.6. The van der Waals surface area contributed by atoms with Gasteiger partial charge in [0.15, 0.2) is 11.6 Å². The van der Waals surface area contributed by atoms with Gasteiger partial charge in [-0.15, -0.1) is 0 Å². The van der Waals surface area contributed by atoms with E-state index >= 15 is 0 Å². The molecule has 0 unspecified atom stereocenters. The molecule has 0 aromatic heterocycles. The molecule has 0 saturated heterocycles. The normalized spacial score (nSPS) is 12.4. The lowest BCUT2D eigenvalue weighted by molar-refractivity contribution is 0.587. The summed E-state index contributed by atoms with van der Waals surface area (Å²) in [4.78, 5) is 3.38. The molecule has 0 N–H and O–H groups in total. The zero-order valence-electron chi connectivity index (χ0n) is 13.0. The molecule has 24 heavy (non-hydrogen) atoms. The lowest BCUT2D eigenvalue weighted by Gasteiger charge is -2.13. The van der Waals surface area contributed by atoms with Crippen LogP contribution >= 0.6 is 12.2 Å². The topological polar surface area (TPSA) is 12.4 Å². The third-order valence-corrected chi connectivity index (χ3v) is 3.92.